The van der Waals surface area contributed by atoms with E-state index in [1.165, 1.54) is 10.5 Å². The summed E-state index contributed by atoms with van der Waals surface area (Å²) < 4.78 is 36.9. The highest BCUT2D eigenvalue weighted by atomic mass is 32.2. The molecule has 34 heavy (non-hydrogen) atoms. The Morgan fingerprint density at radius 2 is 2.03 bits per heavy atom. The number of amides is 2. The third-order valence-electron chi connectivity index (χ3n) is 6.39. The summed E-state index contributed by atoms with van der Waals surface area (Å²) >= 11 is 0. The number of nitrogens with one attached hydrogen (secondary N) is 1. The number of ether oxygens (including phenoxy) is 1. The molecular formula is C22H30N6O5S. The number of sulfonamides is 1. The highest BCUT2D eigenvalue weighted by Gasteiger charge is 2.36. The summed E-state index contributed by atoms with van der Waals surface area (Å²) in [6, 6.07) is 7.02. The number of aromatic nitrogens is 1. The molecule has 4 rings (SSSR count). The van der Waals surface area contributed by atoms with Crippen molar-refractivity contribution in [2.45, 2.75) is 17.7 Å². The summed E-state index contributed by atoms with van der Waals surface area (Å²) in [7, 11) is -1.97. The minimum atomic E-state index is -3.61. The molecule has 11 nitrogen and oxygen atoms in total. The maximum atomic E-state index is 13.4. The Labute approximate surface area is 199 Å². The van der Waals surface area contributed by atoms with Gasteiger partial charge in [0.1, 0.15) is 17.0 Å². The van der Waals surface area contributed by atoms with Crippen molar-refractivity contribution in [3.8, 4) is 0 Å². The molecule has 2 amide bonds. The van der Waals surface area contributed by atoms with Crippen LogP contribution in [0.4, 0.5) is 10.5 Å². The van der Waals surface area contributed by atoms with Gasteiger partial charge in [-0.2, -0.15) is 4.31 Å². The Morgan fingerprint density at radius 1 is 1.26 bits per heavy atom. The van der Waals surface area contributed by atoms with E-state index in [0.717, 1.165) is 6.26 Å². The van der Waals surface area contributed by atoms with Crippen molar-refractivity contribution in [3.63, 3.8) is 0 Å². The maximum absolute atomic E-state index is 13.4. The van der Waals surface area contributed by atoms with E-state index in [1.807, 2.05) is 11.0 Å². The lowest BCUT2D eigenvalue weighted by Gasteiger charge is -2.42. The van der Waals surface area contributed by atoms with Gasteiger partial charge in [0.2, 0.25) is 10.0 Å². The van der Waals surface area contributed by atoms with Crippen LogP contribution in [-0.4, -0.2) is 81.1 Å². The van der Waals surface area contributed by atoms with Gasteiger partial charge < -0.3 is 19.9 Å². The highest BCUT2D eigenvalue weighted by molar-refractivity contribution is 7.89. The average Bonchev–Trinajstić information content (AvgIpc) is 3.38. The Balaban J connectivity index is 1.44. The first-order valence-electron chi connectivity index (χ1n) is 11.2. The number of carbonyl (C=O) groups excluding carboxylic acids is 1. The fourth-order valence-electron chi connectivity index (χ4n) is 4.62. The number of piperidine rings is 1. The van der Waals surface area contributed by atoms with E-state index in [-0.39, 0.29) is 28.6 Å². The number of carbonyl (C=O) groups is 1. The quantitative estimate of drug-likeness (QED) is 0.422. The molecule has 3 N–H and O–H groups in total. The molecule has 2 saturated heterocycles. The summed E-state index contributed by atoms with van der Waals surface area (Å²) in [5.41, 5.74) is 6.89. The molecule has 1 atom stereocenters. The van der Waals surface area contributed by atoms with Gasteiger partial charge >= 0.3 is 6.03 Å². The number of methoxy groups -OCH3 is 1. The van der Waals surface area contributed by atoms with Crippen LogP contribution in [0.3, 0.4) is 0 Å². The Morgan fingerprint density at radius 3 is 2.68 bits per heavy atom. The number of benzene rings is 1. The molecule has 2 aliphatic heterocycles. The minimum absolute atomic E-state index is 0.0514. The van der Waals surface area contributed by atoms with E-state index in [9.17, 15) is 13.2 Å². The molecule has 2 aromatic rings. The van der Waals surface area contributed by atoms with Crippen LogP contribution >= 0.6 is 0 Å². The van der Waals surface area contributed by atoms with Crippen LogP contribution < -0.4 is 10.6 Å². The predicted molar refractivity (Wildman–Crippen MR) is 125 cm³/mol. The van der Waals surface area contributed by atoms with Crippen LogP contribution in [-0.2, 0) is 14.8 Å². The van der Waals surface area contributed by atoms with Gasteiger partial charge in [-0.1, -0.05) is 17.3 Å². The fourth-order valence-corrected chi connectivity index (χ4v) is 5.95. The molecular weight excluding hydrogens is 460 g/mol. The number of anilines is 1. The van der Waals surface area contributed by atoms with Gasteiger partial charge in [0, 0.05) is 57.0 Å². The van der Waals surface area contributed by atoms with Crippen molar-refractivity contribution in [3.05, 3.63) is 42.3 Å². The van der Waals surface area contributed by atoms with E-state index in [4.69, 9.17) is 15.9 Å². The number of rotatable bonds is 8. The van der Waals surface area contributed by atoms with E-state index in [1.54, 1.807) is 30.2 Å². The van der Waals surface area contributed by atoms with Gasteiger partial charge in [0.15, 0.2) is 0 Å². The van der Waals surface area contributed by atoms with Gasteiger partial charge in [-0.15, -0.1) is 0 Å². The molecule has 0 bridgehead atoms. The van der Waals surface area contributed by atoms with Gasteiger partial charge in [0.25, 0.3) is 0 Å². The molecule has 1 aromatic heterocycles. The smallest absolute Gasteiger partial charge is 0.324 e. The van der Waals surface area contributed by atoms with Gasteiger partial charge in [-0.25, -0.2) is 13.2 Å². The molecule has 2 fully saturated rings. The molecule has 0 saturated carbocycles. The average molecular weight is 491 g/mol. The zero-order chi connectivity index (χ0) is 24.3. The SMILES string of the molecule is COCC1CN(CC2CCN(S(=O)(=O)c3cnoc3)CC2)C(=O)N(c2cccc(C(=N)N)c2)C1. The van der Waals surface area contributed by atoms with Crippen LogP contribution in [0, 0.1) is 17.2 Å². The zero-order valence-electron chi connectivity index (χ0n) is 19.1. The summed E-state index contributed by atoms with van der Waals surface area (Å²) in [5.74, 6) is 0.256. The van der Waals surface area contributed by atoms with E-state index in [2.05, 4.69) is 9.68 Å². The molecule has 1 unspecified atom stereocenters. The summed E-state index contributed by atoms with van der Waals surface area (Å²) in [6.07, 6.45) is 3.66. The Kier molecular flexibility index (Phi) is 7.19. The number of nitrogens with zero attached hydrogens (tertiary/aromatic N) is 4. The number of hydrogen-bond donors (Lipinski definition) is 2. The number of nitrogens with two attached hydrogens (primary N) is 1. The van der Waals surface area contributed by atoms with E-state index < -0.39 is 10.0 Å². The van der Waals surface area contributed by atoms with Crippen molar-refractivity contribution in [1.29, 1.82) is 5.41 Å². The lowest BCUT2D eigenvalue weighted by molar-refractivity contribution is 0.105. The second-order valence-electron chi connectivity index (χ2n) is 8.79. The number of nitrogen functional groups attached to an aromatic ring is 1. The van der Waals surface area contributed by atoms with Gasteiger partial charge in [-0.05, 0) is 30.9 Å². The van der Waals surface area contributed by atoms with Gasteiger partial charge in [0.05, 0.1) is 12.8 Å². The fraction of sp³-hybridized carbons (Fsp3) is 0.500. The second kappa shape index (κ2) is 10.1. The molecule has 184 valence electrons. The zero-order valence-corrected chi connectivity index (χ0v) is 19.9. The highest BCUT2D eigenvalue weighted by Crippen LogP contribution is 2.28. The molecule has 12 heteroatoms. The maximum Gasteiger partial charge on any atom is 0.324 e. The van der Waals surface area contributed by atoms with Gasteiger partial charge in [-0.3, -0.25) is 10.3 Å². The first-order chi connectivity index (χ1) is 16.3. The van der Waals surface area contributed by atoms with Crippen molar-refractivity contribution in [2.24, 2.45) is 17.6 Å². The van der Waals surface area contributed by atoms with Crippen molar-refractivity contribution >= 4 is 27.6 Å². The molecule has 0 aliphatic carbocycles. The lowest BCUT2D eigenvalue weighted by atomic mass is 9.96. The van der Waals surface area contributed by atoms with Crippen LogP contribution in [0.15, 0.2) is 46.1 Å². The van der Waals surface area contributed by atoms with E-state index in [0.29, 0.717) is 63.4 Å². The van der Waals surface area contributed by atoms with Crippen molar-refractivity contribution in [2.75, 3.05) is 51.3 Å². The van der Waals surface area contributed by atoms with Crippen LogP contribution in [0.2, 0.25) is 0 Å². The largest absolute Gasteiger partial charge is 0.384 e. The topological polar surface area (TPSA) is 146 Å². The van der Waals surface area contributed by atoms with Crippen LogP contribution in [0.1, 0.15) is 18.4 Å². The number of hydrogen-bond acceptors (Lipinski definition) is 7. The Bertz CT molecular complexity index is 1110. The standard InChI is InChI=1S/C22H30N6O5S/c1-32-14-17-12-26(22(29)28(13-17)19-4-2-3-18(9-19)21(23)24)11-16-5-7-27(8-6-16)34(30,31)20-10-25-33-15-20/h2-4,9-10,15-17H,5-8,11-14H2,1H3,(H3,23,24). The first kappa shape index (κ1) is 24.2. The summed E-state index contributed by atoms with van der Waals surface area (Å²) in [5, 5.41) is 11.2. The number of urea groups is 1. The monoisotopic (exact) mass is 490 g/mol. The molecule has 3 heterocycles. The van der Waals surface area contributed by atoms with Crippen molar-refractivity contribution < 1.29 is 22.5 Å². The van der Waals surface area contributed by atoms with Crippen LogP contribution in [0.5, 0.6) is 0 Å². The summed E-state index contributed by atoms with van der Waals surface area (Å²) in [6.45, 7) is 2.91. The second-order valence-corrected chi connectivity index (χ2v) is 10.7. The van der Waals surface area contributed by atoms with E-state index >= 15 is 0 Å². The third kappa shape index (κ3) is 5.08. The molecule has 2 aliphatic rings. The minimum Gasteiger partial charge on any atom is -0.384 e. The normalized spacial score (nSPS) is 20.6. The lowest BCUT2D eigenvalue weighted by Crippen LogP contribution is -2.56. The molecule has 1 aromatic carbocycles. The predicted octanol–water partition coefficient (Wildman–Crippen LogP) is 1.56. The molecule has 0 radical (unpaired) electrons. The number of amidine groups is 1. The molecule has 0 spiro atoms. The Hall–Kier alpha value is -2.96. The first-order valence-corrected chi connectivity index (χ1v) is 12.6. The van der Waals surface area contributed by atoms with Crippen molar-refractivity contribution in [1.82, 2.24) is 14.4 Å². The third-order valence-corrected chi connectivity index (χ3v) is 8.23. The summed E-state index contributed by atoms with van der Waals surface area (Å²) in [4.78, 5) is 17.0. The van der Waals surface area contributed by atoms with Crippen LogP contribution in [0.25, 0.3) is 0 Å².